The van der Waals surface area contributed by atoms with Crippen LogP contribution in [-0.4, -0.2) is 11.1 Å². The van der Waals surface area contributed by atoms with E-state index in [-0.39, 0.29) is 0 Å². The lowest BCUT2D eigenvalue weighted by atomic mass is 9.97. The van der Waals surface area contributed by atoms with Crippen molar-refractivity contribution in [2.24, 2.45) is 0 Å². The van der Waals surface area contributed by atoms with E-state index in [0.29, 0.717) is 4.88 Å². The molecule has 1 N–H and O–H groups in total. The van der Waals surface area contributed by atoms with Gasteiger partial charge in [-0.25, -0.2) is 4.79 Å². The van der Waals surface area contributed by atoms with Gasteiger partial charge in [0.1, 0.15) is 4.88 Å². The standard InChI is InChI=1S/C13H12O2S/c1-8-4-3-5-10(9(8)2)11-6-7-16-12(11)13(14)15/h3-7H,1-2H3,(H,14,15). The smallest absolute Gasteiger partial charge is 0.346 e. The molecule has 2 rings (SSSR count). The summed E-state index contributed by atoms with van der Waals surface area (Å²) in [6, 6.07) is 7.83. The number of carbonyl (C=O) groups is 1. The number of hydrogen-bond acceptors (Lipinski definition) is 2. The maximum atomic E-state index is 11.1. The highest BCUT2D eigenvalue weighted by Gasteiger charge is 2.14. The van der Waals surface area contributed by atoms with E-state index in [1.165, 1.54) is 16.9 Å². The second-order valence-corrected chi connectivity index (χ2v) is 4.63. The van der Waals surface area contributed by atoms with Gasteiger partial charge in [-0.15, -0.1) is 11.3 Å². The second-order valence-electron chi connectivity index (χ2n) is 3.72. The maximum absolute atomic E-state index is 11.1. The molecule has 16 heavy (non-hydrogen) atoms. The molecule has 0 saturated carbocycles. The topological polar surface area (TPSA) is 37.3 Å². The molecular formula is C13H12O2S. The van der Waals surface area contributed by atoms with Gasteiger partial charge in [-0.1, -0.05) is 18.2 Å². The summed E-state index contributed by atoms with van der Waals surface area (Å²) < 4.78 is 0. The zero-order valence-corrected chi connectivity index (χ0v) is 9.97. The summed E-state index contributed by atoms with van der Waals surface area (Å²) in [5.41, 5.74) is 4.15. The van der Waals surface area contributed by atoms with Crippen molar-refractivity contribution in [1.82, 2.24) is 0 Å². The van der Waals surface area contributed by atoms with Crippen LogP contribution >= 0.6 is 11.3 Å². The van der Waals surface area contributed by atoms with Crippen molar-refractivity contribution in [2.45, 2.75) is 13.8 Å². The fraction of sp³-hybridized carbons (Fsp3) is 0.154. The summed E-state index contributed by atoms with van der Waals surface area (Å²) >= 11 is 1.27. The Morgan fingerprint density at radius 3 is 2.62 bits per heavy atom. The van der Waals surface area contributed by atoms with Crippen molar-refractivity contribution in [3.05, 3.63) is 45.6 Å². The number of rotatable bonds is 2. The van der Waals surface area contributed by atoms with Gasteiger partial charge in [0.2, 0.25) is 0 Å². The molecular weight excluding hydrogens is 220 g/mol. The van der Waals surface area contributed by atoms with Crippen LogP contribution in [0.1, 0.15) is 20.8 Å². The van der Waals surface area contributed by atoms with Crippen LogP contribution in [0.2, 0.25) is 0 Å². The van der Waals surface area contributed by atoms with Crippen LogP contribution in [0.25, 0.3) is 11.1 Å². The third-order valence-corrected chi connectivity index (χ3v) is 3.66. The van der Waals surface area contributed by atoms with Crippen molar-refractivity contribution >= 4 is 17.3 Å². The lowest BCUT2D eigenvalue weighted by Crippen LogP contribution is -1.96. The quantitative estimate of drug-likeness (QED) is 0.856. The minimum absolute atomic E-state index is 0.411. The summed E-state index contributed by atoms with van der Waals surface area (Å²) in [5, 5.41) is 10.9. The van der Waals surface area contributed by atoms with E-state index in [1.807, 2.05) is 43.5 Å². The van der Waals surface area contributed by atoms with E-state index in [4.69, 9.17) is 5.11 Å². The first-order valence-electron chi connectivity index (χ1n) is 4.98. The molecule has 0 fully saturated rings. The number of carboxylic acids is 1. The Kier molecular flexibility index (Phi) is 2.79. The van der Waals surface area contributed by atoms with E-state index in [1.54, 1.807) is 0 Å². The zero-order chi connectivity index (χ0) is 11.7. The van der Waals surface area contributed by atoms with Gasteiger partial charge in [0.05, 0.1) is 0 Å². The van der Waals surface area contributed by atoms with Gasteiger partial charge >= 0.3 is 5.97 Å². The number of aryl methyl sites for hydroxylation is 1. The predicted molar refractivity (Wildman–Crippen MR) is 66.2 cm³/mol. The molecule has 2 aromatic rings. The molecule has 0 aliphatic carbocycles. The Morgan fingerprint density at radius 1 is 1.19 bits per heavy atom. The highest BCUT2D eigenvalue weighted by Crippen LogP contribution is 2.31. The molecule has 82 valence electrons. The van der Waals surface area contributed by atoms with E-state index in [2.05, 4.69) is 0 Å². The van der Waals surface area contributed by atoms with Gasteiger partial charge in [-0.05, 0) is 42.0 Å². The van der Waals surface area contributed by atoms with E-state index >= 15 is 0 Å². The first kappa shape index (κ1) is 10.9. The zero-order valence-electron chi connectivity index (χ0n) is 9.15. The summed E-state index contributed by atoms with van der Waals surface area (Å²) in [5.74, 6) is -0.856. The van der Waals surface area contributed by atoms with E-state index < -0.39 is 5.97 Å². The van der Waals surface area contributed by atoms with Gasteiger partial charge in [0, 0.05) is 5.56 Å². The second kappa shape index (κ2) is 4.10. The molecule has 1 aromatic carbocycles. The van der Waals surface area contributed by atoms with Crippen LogP contribution in [0.5, 0.6) is 0 Å². The van der Waals surface area contributed by atoms with Crippen LogP contribution in [0, 0.1) is 13.8 Å². The number of benzene rings is 1. The lowest BCUT2D eigenvalue weighted by Gasteiger charge is -2.07. The van der Waals surface area contributed by atoms with Crippen LogP contribution < -0.4 is 0 Å². The Hall–Kier alpha value is -1.61. The average Bonchev–Trinajstić information content (AvgIpc) is 2.70. The molecule has 0 unspecified atom stereocenters. The van der Waals surface area contributed by atoms with Crippen molar-refractivity contribution in [3.63, 3.8) is 0 Å². The molecule has 0 aliphatic rings. The van der Waals surface area contributed by atoms with Gasteiger partial charge in [0.25, 0.3) is 0 Å². The number of carboxylic acid groups (broad SMARTS) is 1. The summed E-state index contributed by atoms with van der Waals surface area (Å²) in [4.78, 5) is 11.5. The molecule has 0 bridgehead atoms. The first-order chi connectivity index (χ1) is 7.61. The number of hydrogen-bond donors (Lipinski definition) is 1. The SMILES string of the molecule is Cc1cccc(-c2ccsc2C(=O)O)c1C. The number of thiophene rings is 1. The Bertz CT molecular complexity index is 541. The van der Waals surface area contributed by atoms with Gasteiger partial charge < -0.3 is 5.11 Å². The summed E-state index contributed by atoms with van der Waals surface area (Å²) in [7, 11) is 0. The van der Waals surface area contributed by atoms with Crippen LogP contribution in [0.4, 0.5) is 0 Å². The van der Waals surface area contributed by atoms with Crippen LogP contribution in [-0.2, 0) is 0 Å². The predicted octanol–water partition coefficient (Wildman–Crippen LogP) is 3.73. The van der Waals surface area contributed by atoms with Gasteiger partial charge in [-0.2, -0.15) is 0 Å². The maximum Gasteiger partial charge on any atom is 0.346 e. The normalized spacial score (nSPS) is 10.4. The van der Waals surface area contributed by atoms with E-state index in [0.717, 1.165) is 16.7 Å². The summed E-state index contributed by atoms with van der Waals surface area (Å²) in [6.45, 7) is 4.06. The Balaban J connectivity index is 2.63. The highest BCUT2D eigenvalue weighted by molar-refractivity contribution is 7.12. The Morgan fingerprint density at radius 2 is 1.94 bits per heavy atom. The molecule has 0 amide bonds. The molecule has 1 aromatic heterocycles. The van der Waals surface area contributed by atoms with Gasteiger partial charge in [0.15, 0.2) is 0 Å². The number of aromatic carboxylic acids is 1. The van der Waals surface area contributed by atoms with Crippen LogP contribution in [0.3, 0.4) is 0 Å². The van der Waals surface area contributed by atoms with Gasteiger partial charge in [-0.3, -0.25) is 0 Å². The Labute approximate surface area is 98.2 Å². The fourth-order valence-corrected chi connectivity index (χ4v) is 2.48. The van der Waals surface area contributed by atoms with Crippen LogP contribution in [0.15, 0.2) is 29.6 Å². The van der Waals surface area contributed by atoms with Crippen molar-refractivity contribution in [3.8, 4) is 11.1 Å². The average molecular weight is 232 g/mol. The highest BCUT2D eigenvalue weighted by atomic mass is 32.1. The molecule has 0 atom stereocenters. The third-order valence-electron chi connectivity index (χ3n) is 2.75. The molecule has 0 aliphatic heterocycles. The van der Waals surface area contributed by atoms with Crippen molar-refractivity contribution in [1.29, 1.82) is 0 Å². The monoisotopic (exact) mass is 232 g/mol. The van der Waals surface area contributed by atoms with E-state index in [9.17, 15) is 4.79 Å². The molecule has 1 heterocycles. The minimum atomic E-state index is -0.856. The summed E-state index contributed by atoms with van der Waals surface area (Å²) in [6.07, 6.45) is 0. The molecule has 0 saturated heterocycles. The molecule has 2 nitrogen and oxygen atoms in total. The lowest BCUT2D eigenvalue weighted by molar-refractivity contribution is 0.0703. The molecule has 0 spiro atoms. The van der Waals surface area contributed by atoms with Crippen molar-refractivity contribution in [2.75, 3.05) is 0 Å². The molecule has 3 heteroatoms. The molecule has 0 radical (unpaired) electrons. The largest absolute Gasteiger partial charge is 0.477 e. The third kappa shape index (κ3) is 1.74. The van der Waals surface area contributed by atoms with Crippen molar-refractivity contribution < 1.29 is 9.90 Å². The first-order valence-corrected chi connectivity index (χ1v) is 5.86. The minimum Gasteiger partial charge on any atom is -0.477 e. The fourth-order valence-electron chi connectivity index (χ4n) is 1.73.